The van der Waals surface area contributed by atoms with E-state index in [0.29, 0.717) is 31.3 Å². The Morgan fingerprint density at radius 1 is 1.31 bits per heavy atom. The fraction of sp³-hybridized carbons (Fsp3) is 0.450. The lowest BCUT2D eigenvalue weighted by Crippen LogP contribution is -2.32. The van der Waals surface area contributed by atoms with E-state index < -0.39 is 11.6 Å². The first-order valence-electron chi connectivity index (χ1n) is 9.68. The first kappa shape index (κ1) is 21.2. The summed E-state index contributed by atoms with van der Waals surface area (Å²) in [5, 5.41) is 3.09. The van der Waals surface area contributed by atoms with E-state index in [1.807, 2.05) is 23.6 Å². The molecule has 1 aromatic carbocycles. The first-order chi connectivity index (χ1) is 13.9. The van der Waals surface area contributed by atoms with Crippen molar-refractivity contribution in [2.24, 2.45) is 5.92 Å². The number of benzene rings is 1. The van der Waals surface area contributed by atoms with Gasteiger partial charge in [0, 0.05) is 44.5 Å². The van der Waals surface area contributed by atoms with Gasteiger partial charge in [-0.15, -0.1) is 0 Å². The van der Waals surface area contributed by atoms with Crippen LogP contribution in [0.3, 0.4) is 0 Å². The van der Waals surface area contributed by atoms with E-state index in [-0.39, 0.29) is 22.5 Å². The summed E-state index contributed by atoms with van der Waals surface area (Å²) in [4.78, 5) is 25.0. The second-order valence-corrected chi connectivity index (χ2v) is 7.36. The van der Waals surface area contributed by atoms with Gasteiger partial charge in [0.1, 0.15) is 0 Å². The predicted molar refractivity (Wildman–Crippen MR) is 110 cm³/mol. The Balaban J connectivity index is 1.60. The number of carbonyl (C=O) groups excluding carboxylic acids is 1. The lowest BCUT2D eigenvalue weighted by molar-refractivity contribution is 0.0943. The van der Waals surface area contributed by atoms with Crippen LogP contribution in [-0.4, -0.2) is 48.6 Å². The molecule has 156 valence electrons. The van der Waals surface area contributed by atoms with Crippen molar-refractivity contribution in [1.82, 2.24) is 15.3 Å². The van der Waals surface area contributed by atoms with Gasteiger partial charge in [-0.3, -0.25) is 4.79 Å². The van der Waals surface area contributed by atoms with Crippen molar-refractivity contribution in [3.05, 3.63) is 46.7 Å². The Labute approximate surface area is 173 Å². The molecule has 2 aromatic rings. The highest BCUT2D eigenvalue weighted by Gasteiger charge is 2.25. The number of carbonyl (C=O) groups is 1. The Hall–Kier alpha value is -2.48. The fourth-order valence-corrected chi connectivity index (χ4v) is 3.59. The highest BCUT2D eigenvalue weighted by atomic mass is 35.5. The van der Waals surface area contributed by atoms with Crippen LogP contribution in [0.25, 0.3) is 0 Å². The topological polar surface area (TPSA) is 61.4 Å². The van der Waals surface area contributed by atoms with E-state index >= 15 is 0 Å². The van der Waals surface area contributed by atoms with Gasteiger partial charge in [0.2, 0.25) is 5.95 Å². The zero-order valence-electron chi connectivity index (χ0n) is 16.5. The standard InChI is InChI=1S/C20H24ClF2N5O/c1-3-27(4-2)20-25-11-15(21)18(26-20)19(29)24-10-13-7-8-28(12-13)14-5-6-16(22)17(23)9-14/h5-6,9,11,13H,3-4,7-8,10,12H2,1-2H3,(H,24,29). The van der Waals surface area contributed by atoms with Crippen molar-refractivity contribution >= 4 is 29.1 Å². The largest absolute Gasteiger partial charge is 0.371 e. The second-order valence-electron chi connectivity index (χ2n) is 6.95. The molecule has 1 amide bonds. The minimum absolute atomic E-state index is 0.152. The van der Waals surface area contributed by atoms with Gasteiger partial charge in [-0.1, -0.05) is 11.6 Å². The molecular weight excluding hydrogens is 400 g/mol. The quantitative estimate of drug-likeness (QED) is 0.738. The molecule has 0 spiro atoms. The maximum Gasteiger partial charge on any atom is 0.271 e. The van der Waals surface area contributed by atoms with E-state index in [9.17, 15) is 13.6 Å². The van der Waals surface area contributed by atoms with Crippen LogP contribution in [0.2, 0.25) is 5.02 Å². The zero-order chi connectivity index (χ0) is 21.0. The van der Waals surface area contributed by atoms with Gasteiger partial charge in [0.15, 0.2) is 17.3 Å². The summed E-state index contributed by atoms with van der Waals surface area (Å²) in [6.07, 6.45) is 2.28. The van der Waals surface area contributed by atoms with Crippen LogP contribution >= 0.6 is 11.6 Å². The van der Waals surface area contributed by atoms with Crippen molar-refractivity contribution < 1.29 is 13.6 Å². The summed E-state index contributed by atoms with van der Waals surface area (Å²) in [5.41, 5.74) is 0.791. The molecule has 29 heavy (non-hydrogen) atoms. The van der Waals surface area contributed by atoms with Gasteiger partial charge in [0.25, 0.3) is 5.91 Å². The van der Waals surface area contributed by atoms with Crippen LogP contribution in [0, 0.1) is 17.6 Å². The number of aromatic nitrogens is 2. The molecule has 0 radical (unpaired) electrons. The van der Waals surface area contributed by atoms with Crippen LogP contribution in [0.5, 0.6) is 0 Å². The van der Waals surface area contributed by atoms with Crippen molar-refractivity contribution in [1.29, 1.82) is 0 Å². The number of nitrogens with one attached hydrogen (secondary N) is 1. The van der Waals surface area contributed by atoms with Crippen LogP contribution in [-0.2, 0) is 0 Å². The van der Waals surface area contributed by atoms with Crippen LogP contribution < -0.4 is 15.1 Å². The van der Waals surface area contributed by atoms with Crippen molar-refractivity contribution in [2.75, 3.05) is 42.5 Å². The normalized spacial score (nSPS) is 16.2. The molecule has 1 fully saturated rings. The molecule has 0 bridgehead atoms. The molecule has 1 saturated heterocycles. The summed E-state index contributed by atoms with van der Waals surface area (Å²) in [5.74, 6) is -1.41. The molecule has 2 heterocycles. The van der Waals surface area contributed by atoms with Crippen molar-refractivity contribution in [2.45, 2.75) is 20.3 Å². The monoisotopic (exact) mass is 423 g/mol. The van der Waals surface area contributed by atoms with Crippen LogP contribution in [0.4, 0.5) is 20.4 Å². The number of amides is 1. The molecule has 1 aliphatic heterocycles. The second kappa shape index (κ2) is 9.35. The molecule has 9 heteroatoms. The van der Waals surface area contributed by atoms with Crippen molar-refractivity contribution in [3.63, 3.8) is 0 Å². The van der Waals surface area contributed by atoms with E-state index in [1.165, 1.54) is 12.3 Å². The maximum absolute atomic E-state index is 13.5. The van der Waals surface area contributed by atoms with Crippen LogP contribution in [0.1, 0.15) is 30.8 Å². The number of hydrogen-bond acceptors (Lipinski definition) is 5. The van der Waals surface area contributed by atoms with Gasteiger partial charge in [-0.25, -0.2) is 18.7 Å². The van der Waals surface area contributed by atoms with Gasteiger partial charge < -0.3 is 15.1 Å². The molecule has 0 aliphatic carbocycles. The zero-order valence-corrected chi connectivity index (χ0v) is 17.2. The lowest BCUT2D eigenvalue weighted by atomic mass is 10.1. The smallest absolute Gasteiger partial charge is 0.271 e. The minimum Gasteiger partial charge on any atom is -0.371 e. The molecule has 1 unspecified atom stereocenters. The Bertz CT molecular complexity index is 878. The van der Waals surface area contributed by atoms with Gasteiger partial charge >= 0.3 is 0 Å². The average Bonchev–Trinajstić information content (AvgIpc) is 3.19. The van der Waals surface area contributed by atoms with E-state index in [2.05, 4.69) is 15.3 Å². The third-order valence-corrected chi connectivity index (χ3v) is 5.37. The van der Waals surface area contributed by atoms with Gasteiger partial charge in [-0.05, 0) is 38.3 Å². The van der Waals surface area contributed by atoms with Gasteiger partial charge in [-0.2, -0.15) is 0 Å². The molecule has 1 atom stereocenters. The molecular formula is C20H24ClF2N5O. The molecule has 1 N–H and O–H groups in total. The number of rotatable bonds is 7. The molecule has 1 aromatic heterocycles. The fourth-order valence-electron chi connectivity index (χ4n) is 3.41. The number of anilines is 2. The number of nitrogens with zero attached hydrogens (tertiary/aromatic N) is 4. The number of halogens is 3. The summed E-state index contributed by atoms with van der Waals surface area (Å²) < 4.78 is 26.6. The highest BCUT2D eigenvalue weighted by Crippen LogP contribution is 2.25. The van der Waals surface area contributed by atoms with Crippen molar-refractivity contribution in [3.8, 4) is 0 Å². The Morgan fingerprint density at radius 3 is 2.76 bits per heavy atom. The van der Waals surface area contributed by atoms with Gasteiger partial charge in [0.05, 0.1) is 11.2 Å². The Morgan fingerprint density at radius 2 is 2.07 bits per heavy atom. The summed E-state index contributed by atoms with van der Waals surface area (Å²) >= 11 is 6.13. The molecule has 6 nitrogen and oxygen atoms in total. The number of hydrogen-bond donors (Lipinski definition) is 1. The maximum atomic E-state index is 13.5. The van der Waals surface area contributed by atoms with E-state index in [0.717, 1.165) is 25.6 Å². The summed E-state index contributed by atoms with van der Waals surface area (Å²) in [6, 6.07) is 3.89. The summed E-state index contributed by atoms with van der Waals surface area (Å²) in [7, 11) is 0. The molecule has 1 aliphatic rings. The third kappa shape index (κ3) is 4.93. The summed E-state index contributed by atoms with van der Waals surface area (Å²) in [6.45, 7) is 7.22. The molecule has 0 saturated carbocycles. The van der Waals surface area contributed by atoms with E-state index in [1.54, 1.807) is 6.07 Å². The van der Waals surface area contributed by atoms with Crippen LogP contribution in [0.15, 0.2) is 24.4 Å². The third-order valence-electron chi connectivity index (χ3n) is 5.10. The Kier molecular flexibility index (Phi) is 6.84. The SMILES string of the molecule is CCN(CC)c1ncc(Cl)c(C(=O)NCC2CCN(c3ccc(F)c(F)c3)C2)n1. The highest BCUT2D eigenvalue weighted by molar-refractivity contribution is 6.33. The minimum atomic E-state index is -0.860. The first-order valence-corrected chi connectivity index (χ1v) is 10.1. The predicted octanol–water partition coefficient (Wildman–Crippen LogP) is 3.51. The van der Waals surface area contributed by atoms with E-state index in [4.69, 9.17) is 11.6 Å². The lowest BCUT2D eigenvalue weighted by Gasteiger charge is -2.20. The average molecular weight is 424 g/mol. The molecule has 3 rings (SSSR count).